The summed E-state index contributed by atoms with van der Waals surface area (Å²) in [4.78, 5) is 0. The molecule has 6 heteroatoms. The van der Waals surface area contributed by atoms with Gasteiger partial charge in [-0.05, 0) is 17.7 Å². The van der Waals surface area contributed by atoms with Crippen molar-refractivity contribution in [2.75, 3.05) is 7.11 Å². The van der Waals surface area contributed by atoms with Crippen molar-refractivity contribution in [3.63, 3.8) is 0 Å². The predicted molar refractivity (Wildman–Crippen MR) is 67.9 cm³/mol. The Morgan fingerprint density at radius 2 is 1.71 bits per heavy atom. The first-order valence-electron chi connectivity index (χ1n) is 6.08. The number of benzene rings is 2. The summed E-state index contributed by atoms with van der Waals surface area (Å²) in [7, 11) is 1.29. The Balaban J connectivity index is 2.31. The monoisotopic (exact) mass is 300 g/mol. The zero-order valence-corrected chi connectivity index (χ0v) is 11.0. The molecule has 1 N–H and O–H groups in total. The molecule has 2 rings (SSSR count). The van der Waals surface area contributed by atoms with Gasteiger partial charge in [-0.3, -0.25) is 0 Å². The lowest BCUT2D eigenvalue weighted by Crippen LogP contribution is -2.08. The molecule has 0 aliphatic heterocycles. The topological polar surface area (TPSA) is 29.5 Å². The minimum Gasteiger partial charge on any atom is -0.494 e. The molecule has 2 aromatic rings. The van der Waals surface area contributed by atoms with Crippen LogP contribution < -0.4 is 4.74 Å². The second-order valence-electron chi connectivity index (χ2n) is 4.42. The Bertz CT molecular complexity index is 658. The van der Waals surface area contributed by atoms with Crippen molar-refractivity contribution >= 4 is 0 Å². The maximum atomic E-state index is 13.9. The van der Waals surface area contributed by atoms with E-state index in [-0.39, 0.29) is 17.7 Å². The molecule has 0 heterocycles. The van der Waals surface area contributed by atoms with Gasteiger partial charge >= 0.3 is 0 Å². The summed E-state index contributed by atoms with van der Waals surface area (Å²) in [5.41, 5.74) is -0.359. The predicted octanol–water partition coefficient (Wildman–Crippen LogP) is 3.53. The number of rotatable bonds is 4. The standard InChI is InChI=1S/C15H12F4O2/c1-21-12-4-2-3-8(13(12)17)7-11(20)9-5-6-10(16)15(19)14(9)18/h2-6,11,20H,7H2,1H3. The van der Waals surface area contributed by atoms with E-state index in [1.807, 2.05) is 0 Å². The summed E-state index contributed by atoms with van der Waals surface area (Å²) < 4.78 is 58.3. The van der Waals surface area contributed by atoms with Crippen molar-refractivity contribution in [3.05, 3.63) is 64.7 Å². The third-order valence-corrected chi connectivity index (χ3v) is 3.10. The van der Waals surface area contributed by atoms with Crippen LogP contribution in [-0.4, -0.2) is 12.2 Å². The van der Waals surface area contributed by atoms with Crippen LogP contribution in [-0.2, 0) is 6.42 Å². The summed E-state index contributed by atoms with van der Waals surface area (Å²) in [6.45, 7) is 0. The highest BCUT2D eigenvalue weighted by molar-refractivity contribution is 5.33. The molecule has 2 aromatic carbocycles. The van der Waals surface area contributed by atoms with Crippen LogP contribution in [0, 0.1) is 23.3 Å². The van der Waals surface area contributed by atoms with E-state index in [0.717, 1.165) is 6.07 Å². The highest BCUT2D eigenvalue weighted by Crippen LogP contribution is 2.27. The number of aliphatic hydroxyl groups excluding tert-OH is 1. The van der Waals surface area contributed by atoms with Gasteiger partial charge in [0.2, 0.25) is 0 Å². The zero-order chi connectivity index (χ0) is 15.6. The molecule has 21 heavy (non-hydrogen) atoms. The van der Waals surface area contributed by atoms with Crippen LogP contribution >= 0.6 is 0 Å². The van der Waals surface area contributed by atoms with E-state index in [1.54, 1.807) is 0 Å². The van der Waals surface area contributed by atoms with E-state index in [1.165, 1.54) is 25.3 Å². The van der Waals surface area contributed by atoms with Gasteiger partial charge in [0.1, 0.15) is 0 Å². The second kappa shape index (κ2) is 6.13. The Hall–Kier alpha value is -2.08. The normalized spacial score (nSPS) is 12.3. The molecular formula is C15H12F4O2. The zero-order valence-electron chi connectivity index (χ0n) is 11.0. The van der Waals surface area contributed by atoms with Gasteiger partial charge in [0, 0.05) is 12.0 Å². The summed E-state index contributed by atoms with van der Waals surface area (Å²) >= 11 is 0. The quantitative estimate of drug-likeness (QED) is 0.691. The molecule has 0 fully saturated rings. The van der Waals surface area contributed by atoms with E-state index < -0.39 is 34.9 Å². The van der Waals surface area contributed by atoms with Crippen LogP contribution in [0.1, 0.15) is 17.2 Å². The molecule has 0 saturated heterocycles. The maximum Gasteiger partial charge on any atom is 0.194 e. The first-order valence-corrected chi connectivity index (χ1v) is 6.08. The lowest BCUT2D eigenvalue weighted by molar-refractivity contribution is 0.170. The van der Waals surface area contributed by atoms with E-state index in [0.29, 0.717) is 6.07 Å². The average Bonchev–Trinajstić information content (AvgIpc) is 2.47. The fraction of sp³-hybridized carbons (Fsp3) is 0.200. The highest BCUT2D eigenvalue weighted by Gasteiger charge is 2.21. The van der Waals surface area contributed by atoms with Crippen molar-refractivity contribution in [3.8, 4) is 5.75 Å². The van der Waals surface area contributed by atoms with Crippen LogP contribution in [0.5, 0.6) is 5.75 Å². The summed E-state index contributed by atoms with van der Waals surface area (Å²) in [5.74, 6) is -5.22. The molecule has 0 radical (unpaired) electrons. The van der Waals surface area contributed by atoms with E-state index >= 15 is 0 Å². The lowest BCUT2D eigenvalue weighted by atomic mass is 10.00. The molecule has 112 valence electrons. The number of ether oxygens (including phenoxy) is 1. The highest BCUT2D eigenvalue weighted by atomic mass is 19.2. The third-order valence-electron chi connectivity index (χ3n) is 3.10. The molecule has 0 amide bonds. The number of hydrogen-bond donors (Lipinski definition) is 1. The minimum absolute atomic E-state index is 0.0227. The number of methoxy groups -OCH3 is 1. The molecule has 0 aliphatic carbocycles. The van der Waals surface area contributed by atoms with Crippen molar-refractivity contribution < 1.29 is 27.4 Å². The first-order chi connectivity index (χ1) is 9.95. The van der Waals surface area contributed by atoms with Crippen molar-refractivity contribution in [2.24, 2.45) is 0 Å². The van der Waals surface area contributed by atoms with Gasteiger partial charge in [-0.2, -0.15) is 0 Å². The van der Waals surface area contributed by atoms with Crippen molar-refractivity contribution in [1.29, 1.82) is 0 Å². The molecular weight excluding hydrogens is 288 g/mol. The van der Waals surface area contributed by atoms with Gasteiger partial charge in [-0.25, -0.2) is 17.6 Å². The summed E-state index contributed by atoms with van der Waals surface area (Å²) in [6.07, 6.45) is -1.81. The molecule has 0 aliphatic rings. The van der Waals surface area contributed by atoms with E-state index in [2.05, 4.69) is 0 Å². The van der Waals surface area contributed by atoms with Crippen molar-refractivity contribution in [2.45, 2.75) is 12.5 Å². The van der Waals surface area contributed by atoms with Crippen molar-refractivity contribution in [1.82, 2.24) is 0 Å². The molecule has 1 atom stereocenters. The Morgan fingerprint density at radius 1 is 1.00 bits per heavy atom. The number of aliphatic hydroxyl groups is 1. The summed E-state index contributed by atoms with van der Waals surface area (Å²) in [5, 5.41) is 9.92. The van der Waals surface area contributed by atoms with Gasteiger partial charge in [-0.1, -0.05) is 18.2 Å². The third kappa shape index (κ3) is 3.00. The SMILES string of the molecule is COc1cccc(CC(O)c2ccc(F)c(F)c2F)c1F. The van der Waals surface area contributed by atoms with Crippen LogP contribution in [0.25, 0.3) is 0 Å². The van der Waals surface area contributed by atoms with Gasteiger partial charge in [-0.15, -0.1) is 0 Å². The first kappa shape index (κ1) is 15.3. The summed E-state index contributed by atoms with van der Waals surface area (Å²) in [6, 6.07) is 5.92. The maximum absolute atomic E-state index is 13.9. The van der Waals surface area contributed by atoms with Gasteiger partial charge in [0.15, 0.2) is 29.0 Å². The number of halogens is 4. The molecule has 2 nitrogen and oxygen atoms in total. The fourth-order valence-electron chi connectivity index (χ4n) is 1.99. The average molecular weight is 300 g/mol. The molecule has 0 spiro atoms. The smallest absolute Gasteiger partial charge is 0.194 e. The molecule has 1 unspecified atom stereocenters. The van der Waals surface area contributed by atoms with Gasteiger partial charge in [0.05, 0.1) is 13.2 Å². The van der Waals surface area contributed by atoms with E-state index in [9.17, 15) is 22.7 Å². The Kier molecular flexibility index (Phi) is 4.47. The molecule has 0 aromatic heterocycles. The molecule has 0 bridgehead atoms. The number of hydrogen-bond acceptors (Lipinski definition) is 2. The second-order valence-corrected chi connectivity index (χ2v) is 4.42. The molecule has 0 saturated carbocycles. The van der Waals surface area contributed by atoms with Gasteiger partial charge < -0.3 is 9.84 Å². The Labute approximate surface area is 118 Å². The van der Waals surface area contributed by atoms with Crippen LogP contribution in [0.15, 0.2) is 30.3 Å². The fourth-order valence-corrected chi connectivity index (χ4v) is 1.99. The van der Waals surface area contributed by atoms with E-state index in [4.69, 9.17) is 4.74 Å². The minimum atomic E-state index is -1.67. The lowest BCUT2D eigenvalue weighted by Gasteiger charge is -2.14. The Morgan fingerprint density at radius 3 is 2.38 bits per heavy atom. The largest absolute Gasteiger partial charge is 0.494 e. The van der Waals surface area contributed by atoms with Crippen LogP contribution in [0.2, 0.25) is 0 Å². The van der Waals surface area contributed by atoms with Crippen LogP contribution in [0.3, 0.4) is 0 Å². The van der Waals surface area contributed by atoms with Gasteiger partial charge in [0.25, 0.3) is 0 Å². The van der Waals surface area contributed by atoms with Crippen LogP contribution in [0.4, 0.5) is 17.6 Å².